The predicted octanol–water partition coefficient (Wildman–Crippen LogP) is 3.35. The summed E-state index contributed by atoms with van der Waals surface area (Å²) in [7, 11) is 0. The van der Waals surface area contributed by atoms with E-state index < -0.39 is 0 Å². The lowest BCUT2D eigenvalue weighted by atomic mass is 10.2. The van der Waals surface area contributed by atoms with Gasteiger partial charge in [-0.05, 0) is 47.5 Å². The lowest BCUT2D eigenvalue weighted by Crippen LogP contribution is -2.23. The van der Waals surface area contributed by atoms with Gasteiger partial charge in [-0.3, -0.25) is 0 Å². The van der Waals surface area contributed by atoms with Crippen LogP contribution in [0.4, 0.5) is 11.5 Å². The number of rotatable bonds is 4. The van der Waals surface area contributed by atoms with Gasteiger partial charge < -0.3 is 15.1 Å². The van der Waals surface area contributed by atoms with Crippen molar-refractivity contribution < 1.29 is 4.42 Å². The summed E-state index contributed by atoms with van der Waals surface area (Å²) in [6.07, 6.45) is 3.38. The molecule has 5 heteroatoms. The SMILES string of the molecule is CCN(Cc1ccco1)c1ncc(N)c(C)c1Br. The summed E-state index contributed by atoms with van der Waals surface area (Å²) in [5, 5.41) is 0. The van der Waals surface area contributed by atoms with Gasteiger partial charge in [-0.1, -0.05) is 0 Å². The zero-order valence-corrected chi connectivity index (χ0v) is 12.1. The molecule has 0 saturated carbocycles. The van der Waals surface area contributed by atoms with Gasteiger partial charge >= 0.3 is 0 Å². The van der Waals surface area contributed by atoms with Crippen LogP contribution in [0.5, 0.6) is 0 Å². The quantitative estimate of drug-likeness (QED) is 0.941. The largest absolute Gasteiger partial charge is 0.467 e. The molecule has 4 nitrogen and oxygen atoms in total. The summed E-state index contributed by atoms with van der Waals surface area (Å²) in [6.45, 7) is 5.60. The van der Waals surface area contributed by atoms with Crippen molar-refractivity contribution in [2.24, 2.45) is 0 Å². The Morgan fingerprint density at radius 3 is 2.89 bits per heavy atom. The molecule has 0 saturated heterocycles. The highest BCUT2D eigenvalue weighted by molar-refractivity contribution is 9.10. The minimum atomic E-state index is 0.693. The molecule has 96 valence electrons. The second-order valence-corrected chi connectivity index (χ2v) is 4.86. The Hall–Kier alpha value is -1.49. The molecule has 0 aliphatic rings. The third kappa shape index (κ3) is 2.51. The highest BCUT2D eigenvalue weighted by atomic mass is 79.9. The summed E-state index contributed by atoms with van der Waals surface area (Å²) >= 11 is 3.56. The van der Waals surface area contributed by atoms with Crippen LogP contribution in [0.1, 0.15) is 18.2 Å². The summed E-state index contributed by atoms with van der Waals surface area (Å²) in [4.78, 5) is 6.54. The van der Waals surface area contributed by atoms with E-state index in [0.717, 1.165) is 28.2 Å². The molecule has 0 spiro atoms. The molecular weight excluding hydrogens is 294 g/mol. The Bertz CT molecular complexity index is 525. The summed E-state index contributed by atoms with van der Waals surface area (Å²) in [6, 6.07) is 3.85. The van der Waals surface area contributed by atoms with Crippen molar-refractivity contribution in [3.8, 4) is 0 Å². The molecule has 18 heavy (non-hydrogen) atoms. The van der Waals surface area contributed by atoms with E-state index in [1.807, 2.05) is 19.1 Å². The van der Waals surface area contributed by atoms with Crippen LogP contribution in [-0.4, -0.2) is 11.5 Å². The second kappa shape index (κ2) is 5.44. The number of halogens is 1. The minimum absolute atomic E-state index is 0.693. The van der Waals surface area contributed by atoms with E-state index in [1.165, 1.54) is 0 Å². The Morgan fingerprint density at radius 2 is 2.28 bits per heavy atom. The first-order valence-corrected chi connectivity index (χ1v) is 6.60. The summed E-state index contributed by atoms with van der Waals surface area (Å²) in [5.41, 5.74) is 7.54. The fourth-order valence-electron chi connectivity index (χ4n) is 1.73. The number of anilines is 2. The van der Waals surface area contributed by atoms with Crippen molar-refractivity contribution in [1.29, 1.82) is 0 Å². The average Bonchev–Trinajstić information content (AvgIpc) is 2.87. The van der Waals surface area contributed by atoms with Crippen LogP contribution < -0.4 is 10.6 Å². The molecule has 0 aromatic carbocycles. The number of nitrogens with zero attached hydrogens (tertiary/aromatic N) is 2. The second-order valence-electron chi connectivity index (χ2n) is 4.07. The van der Waals surface area contributed by atoms with Crippen molar-refractivity contribution in [2.45, 2.75) is 20.4 Å². The molecular formula is C13H16BrN3O. The smallest absolute Gasteiger partial charge is 0.143 e. The van der Waals surface area contributed by atoms with Gasteiger partial charge in [0.25, 0.3) is 0 Å². The third-order valence-corrected chi connectivity index (χ3v) is 3.84. The molecule has 0 aliphatic heterocycles. The Kier molecular flexibility index (Phi) is 3.91. The van der Waals surface area contributed by atoms with Crippen molar-refractivity contribution in [2.75, 3.05) is 17.2 Å². The normalized spacial score (nSPS) is 10.6. The number of hydrogen-bond donors (Lipinski definition) is 1. The van der Waals surface area contributed by atoms with E-state index in [-0.39, 0.29) is 0 Å². The monoisotopic (exact) mass is 309 g/mol. The van der Waals surface area contributed by atoms with E-state index in [0.29, 0.717) is 12.2 Å². The maximum atomic E-state index is 5.84. The van der Waals surface area contributed by atoms with Gasteiger partial charge in [0, 0.05) is 6.54 Å². The number of pyridine rings is 1. The molecule has 0 fully saturated rings. The highest BCUT2D eigenvalue weighted by Crippen LogP contribution is 2.31. The van der Waals surface area contributed by atoms with Crippen LogP contribution in [0.25, 0.3) is 0 Å². The molecule has 2 N–H and O–H groups in total. The Balaban J connectivity index is 2.30. The zero-order chi connectivity index (χ0) is 13.1. The van der Waals surface area contributed by atoms with Crippen molar-refractivity contribution in [3.63, 3.8) is 0 Å². The number of hydrogen-bond acceptors (Lipinski definition) is 4. The zero-order valence-electron chi connectivity index (χ0n) is 10.5. The van der Waals surface area contributed by atoms with Gasteiger partial charge in [0.15, 0.2) is 0 Å². The summed E-state index contributed by atoms with van der Waals surface area (Å²) in [5.74, 6) is 1.81. The van der Waals surface area contributed by atoms with Gasteiger partial charge in [0.1, 0.15) is 11.6 Å². The topological polar surface area (TPSA) is 55.3 Å². The lowest BCUT2D eigenvalue weighted by molar-refractivity contribution is 0.502. The number of furan rings is 1. The first-order valence-electron chi connectivity index (χ1n) is 5.81. The molecule has 0 amide bonds. The number of aromatic nitrogens is 1. The fourth-order valence-corrected chi connectivity index (χ4v) is 2.31. The maximum absolute atomic E-state index is 5.84. The van der Waals surface area contributed by atoms with E-state index in [9.17, 15) is 0 Å². The first kappa shape index (κ1) is 13.0. The van der Waals surface area contributed by atoms with Crippen LogP contribution in [0.15, 0.2) is 33.5 Å². The molecule has 2 aromatic heterocycles. The van der Waals surface area contributed by atoms with Gasteiger partial charge in [-0.2, -0.15) is 0 Å². The van der Waals surface area contributed by atoms with Crippen molar-refractivity contribution in [1.82, 2.24) is 4.98 Å². The van der Waals surface area contributed by atoms with Crippen molar-refractivity contribution in [3.05, 3.63) is 40.4 Å². The van der Waals surface area contributed by atoms with Crippen LogP contribution in [0.3, 0.4) is 0 Å². The Morgan fingerprint density at radius 1 is 1.50 bits per heavy atom. The highest BCUT2D eigenvalue weighted by Gasteiger charge is 2.14. The maximum Gasteiger partial charge on any atom is 0.143 e. The van der Waals surface area contributed by atoms with E-state index in [4.69, 9.17) is 10.2 Å². The molecule has 0 unspecified atom stereocenters. The third-order valence-electron chi connectivity index (χ3n) is 2.89. The molecule has 2 aromatic rings. The summed E-state index contributed by atoms with van der Waals surface area (Å²) < 4.78 is 6.31. The van der Waals surface area contributed by atoms with E-state index in [2.05, 4.69) is 32.7 Å². The predicted molar refractivity (Wildman–Crippen MR) is 76.5 cm³/mol. The van der Waals surface area contributed by atoms with Gasteiger partial charge in [-0.15, -0.1) is 0 Å². The van der Waals surface area contributed by atoms with E-state index >= 15 is 0 Å². The molecule has 0 radical (unpaired) electrons. The van der Waals surface area contributed by atoms with Crippen LogP contribution in [-0.2, 0) is 6.54 Å². The molecule has 0 atom stereocenters. The standard InChI is InChI=1S/C13H16BrN3O/c1-3-17(8-10-5-4-6-18-10)13-12(14)9(2)11(15)7-16-13/h4-7H,3,8,15H2,1-2H3. The van der Waals surface area contributed by atoms with Gasteiger partial charge in [0.2, 0.25) is 0 Å². The Labute approximate surface area is 115 Å². The lowest BCUT2D eigenvalue weighted by Gasteiger charge is -2.23. The van der Waals surface area contributed by atoms with Crippen LogP contribution in [0, 0.1) is 6.92 Å². The first-order chi connectivity index (χ1) is 8.63. The van der Waals surface area contributed by atoms with Gasteiger partial charge in [-0.25, -0.2) is 4.98 Å². The number of nitrogens with two attached hydrogens (primary N) is 1. The number of nitrogen functional groups attached to an aromatic ring is 1. The fraction of sp³-hybridized carbons (Fsp3) is 0.308. The van der Waals surface area contributed by atoms with E-state index in [1.54, 1.807) is 12.5 Å². The molecule has 0 aliphatic carbocycles. The molecule has 0 bridgehead atoms. The van der Waals surface area contributed by atoms with Crippen LogP contribution in [0.2, 0.25) is 0 Å². The molecule has 2 rings (SSSR count). The van der Waals surface area contributed by atoms with Crippen LogP contribution >= 0.6 is 15.9 Å². The van der Waals surface area contributed by atoms with Crippen molar-refractivity contribution >= 4 is 27.4 Å². The average molecular weight is 310 g/mol. The molecule has 2 heterocycles. The minimum Gasteiger partial charge on any atom is -0.467 e. The van der Waals surface area contributed by atoms with Gasteiger partial charge in [0.05, 0.1) is 29.2 Å².